The van der Waals surface area contributed by atoms with Crippen LogP contribution in [0.4, 0.5) is 0 Å². The summed E-state index contributed by atoms with van der Waals surface area (Å²) in [5, 5.41) is 2.42. The summed E-state index contributed by atoms with van der Waals surface area (Å²) in [6, 6.07) is 3.52. The van der Waals surface area contributed by atoms with E-state index in [9.17, 15) is 9.59 Å². The molecule has 0 bridgehead atoms. The quantitative estimate of drug-likeness (QED) is 0.744. The van der Waals surface area contributed by atoms with E-state index in [1.165, 1.54) is 7.11 Å². The van der Waals surface area contributed by atoms with Crippen LogP contribution in [0.3, 0.4) is 0 Å². The van der Waals surface area contributed by atoms with Gasteiger partial charge in [-0.15, -0.1) is 0 Å². The highest BCUT2D eigenvalue weighted by Gasteiger charge is 2.13. The zero-order valence-corrected chi connectivity index (χ0v) is 10.6. The van der Waals surface area contributed by atoms with Gasteiger partial charge in [-0.3, -0.25) is 9.59 Å². The zero-order chi connectivity index (χ0) is 13.7. The van der Waals surface area contributed by atoms with Crippen molar-refractivity contribution in [2.45, 2.75) is 13.5 Å². The van der Waals surface area contributed by atoms with Crippen LogP contribution >= 0.6 is 0 Å². The summed E-state index contributed by atoms with van der Waals surface area (Å²) in [6.07, 6.45) is 0. The number of hydrogen-bond acceptors (Lipinski definition) is 4. The molecule has 1 rings (SSSR count). The van der Waals surface area contributed by atoms with Gasteiger partial charge in [0.1, 0.15) is 11.5 Å². The Morgan fingerprint density at radius 1 is 1.28 bits per heavy atom. The lowest BCUT2D eigenvalue weighted by atomic mass is 10.1. The number of aryl methyl sites for hydroxylation is 1. The molecule has 1 aromatic rings. The van der Waals surface area contributed by atoms with Crippen molar-refractivity contribution in [3.63, 3.8) is 0 Å². The molecule has 0 radical (unpaired) electrons. The first-order valence-corrected chi connectivity index (χ1v) is 5.28. The molecular weight excluding hydrogens is 236 g/mol. The molecule has 0 aliphatic carbocycles. The van der Waals surface area contributed by atoms with E-state index < -0.39 is 11.8 Å². The average Bonchev–Trinajstić information content (AvgIpc) is 2.35. The lowest BCUT2D eigenvalue weighted by molar-refractivity contribution is -0.137. The Labute approximate surface area is 105 Å². The molecule has 0 aliphatic rings. The second kappa shape index (κ2) is 5.90. The van der Waals surface area contributed by atoms with Crippen molar-refractivity contribution in [3.8, 4) is 11.5 Å². The molecular formula is C12H16N2O4. The van der Waals surface area contributed by atoms with Crippen LogP contribution in [-0.2, 0) is 16.1 Å². The first kappa shape index (κ1) is 13.8. The van der Waals surface area contributed by atoms with E-state index >= 15 is 0 Å². The van der Waals surface area contributed by atoms with Crippen LogP contribution < -0.4 is 20.5 Å². The summed E-state index contributed by atoms with van der Waals surface area (Å²) in [5.41, 5.74) is 6.51. The van der Waals surface area contributed by atoms with Crippen molar-refractivity contribution in [1.82, 2.24) is 5.32 Å². The maximum atomic E-state index is 11.1. The van der Waals surface area contributed by atoms with Crippen molar-refractivity contribution in [3.05, 3.63) is 23.3 Å². The van der Waals surface area contributed by atoms with E-state index in [0.29, 0.717) is 11.5 Å². The molecule has 0 heterocycles. The molecule has 6 heteroatoms. The Morgan fingerprint density at radius 3 is 2.44 bits per heavy atom. The minimum atomic E-state index is -1.01. The molecule has 0 unspecified atom stereocenters. The van der Waals surface area contributed by atoms with Gasteiger partial charge in [-0.1, -0.05) is 0 Å². The minimum absolute atomic E-state index is 0.167. The van der Waals surface area contributed by atoms with Crippen LogP contribution in [0.25, 0.3) is 0 Å². The number of nitrogens with two attached hydrogens (primary N) is 1. The molecule has 2 amide bonds. The van der Waals surface area contributed by atoms with Gasteiger partial charge in [-0.05, 0) is 18.6 Å². The van der Waals surface area contributed by atoms with Gasteiger partial charge < -0.3 is 20.5 Å². The van der Waals surface area contributed by atoms with E-state index in [0.717, 1.165) is 11.1 Å². The Morgan fingerprint density at radius 2 is 1.94 bits per heavy atom. The van der Waals surface area contributed by atoms with Crippen LogP contribution in [0.2, 0.25) is 0 Å². The third kappa shape index (κ3) is 3.13. The smallest absolute Gasteiger partial charge is 0.309 e. The van der Waals surface area contributed by atoms with Crippen molar-refractivity contribution in [2.75, 3.05) is 14.2 Å². The Balaban J connectivity index is 2.94. The second-order valence-electron chi connectivity index (χ2n) is 3.67. The van der Waals surface area contributed by atoms with Crippen LogP contribution in [0.15, 0.2) is 12.1 Å². The van der Waals surface area contributed by atoms with Gasteiger partial charge in [-0.2, -0.15) is 0 Å². The number of benzene rings is 1. The number of carbonyl (C=O) groups excluding carboxylic acids is 2. The Bertz CT molecular complexity index is 471. The molecule has 3 N–H and O–H groups in total. The Kier molecular flexibility index (Phi) is 4.53. The normalized spacial score (nSPS) is 9.72. The monoisotopic (exact) mass is 252 g/mol. The first-order chi connectivity index (χ1) is 8.49. The molecule has 0 aromatic heterocycles. The molecule has 0 atom stereocenters. The number of primary amides is 1. The zero-order valence-electron chi connectivity index (χ0n) is 10.6. The van der Waals surface area contributed by atoms with Gasteiger partial charge in [0.05, 0.1) is 14.2 Å². The van der Waals surface area contributed by atoms with Gasteiger partial charge >= 0.3 is 11.8 Å². The number of amides is 2. The van der Waals surface area contributed by atoms with E-state index in [2.05, 4.69) is 5.32 Å². The van der Waals surface area contributed by atoms with Crippen LogP contribution in [-0.4, -0.2) is 26.0 Å². The summed E-state index contributed by atoms with van der Waals surface area (Å²) >= 11 is 0. The van der Waals surface area contributed by atoms with Gasteiger partial charge in [0.2, 0.25) is 0 Å². The number of methoxy groups -OCH3 is 2. The highest BCUT2D eigenvalue weighted by Crippen LogP contribution is 2.28. The molecule has 0 aliphatic heterocycles. The fourth-order valence-electron chi connectivity index (χ4n) is 1.54. The molecule has 18 heavy (non-hydrogen) atoms. The topological polar surface area (TPSA) is 90.6 Å². The maximum absolute atomic E-state index is 11.1. The summed E-state index contributed by atoms with van der Waals surface area (Å²) in [4.78, 5) is 21.7. The summed E-state index contributed by atoms with van der Waals surface area (Å²) < 4.78 is 10.3. The lowest BCUT2D eigenvalue weighted by Crippen LogP contribution is -2.35. The van der Waals surface area contributed by atoms with Gasteiger partial charge in [0.25, 0.3) is 0 Å². The lowest BCUT2D eigenvalue weighted by Gasteiger charge is -2.14. The van der Waals surface area contributed by atoms with E-state index in [1.54, 1.807) is 13.2 Å². The largest absolute Gasteiger partial charge is 0.497 e. The van der Waals surface area contributed by atoms with Gasteiger partial charge in [0.15, 0.2) is 0 Å². The van der Waals surface area contributed by atoms with E-state index in [-0.39, 0.29) is 6.54 Å². The SMILES string of the molecule is COc1cc(C)c(CNC(=O)C(N)=O)c(OC)c1. The number of nitrogens with one attached hydrogen (secondary N) is 1. The number of rotatable bonds is 4. The molecule has 0 saturated heterocycles. The average molecular weight is 252 g/mol. The van der Waals surface area contributed by atoms with E-state index in [4.69, 9.17) is 15.2 Å². The van der Waals surface area contributed by atoms with Crippen LogP contribution in [0.5, 0.6) is 11.5 Å². The number of carbonyl (C=O) groups is 2. The van der Waals surface area contributed by atoms with Crippen molar-refractivity contribution in [1.29, 1.82) is 0 Å². The van der Waals surface area contributed by atoms with Crippen molar-refractivity contribution >= 4 is 11.8 Å². The van der Waals surface area contributed by atoms with Gasteiger partial charge in [-0.25, -0.2) is 0 Å². The first-order valence-electron chi connectivity index (χ1n) is 5.28. The minimum Gasteiger partial charge on any atom is -0.497 e. The predicted octanol–water partition coefficient (Wildman–Crippen LogP) is 0.114. The van der Waals surface area contributed by atoms with Gasteiger partial charge in [0, 0.05) is 18.2 Å². The fourth-order valence-corrected chi connectivity index (χ4v) is 1.54. The second-order valence-corrected chi connectivity index (χ2v) is 3.67. The number of hydrogen-bond donors (Lipinski definition) is 2. The highest BCUT2D eigenvalue weighted by atomic mass is 16.5. The molecule has 0 saturated carbocycles. The van der Waals surface area contributed by atoms with Crippen LogP contribution in [0, 0.1) is 6.92 Å². The molecule has 1 aromatic carbocycles. The molecule has 0 fully saturated rings. The van der Waals surface area contributed by atoms with Crippen molar-refractivity contribution in [2.24, 2.45) is 5.73 Å². The standard InChI is InChI=1S/C12H16N2O4/c1-7-4-8(17-2)5-10(18-3)9(7)6-14-12(16)11(13)15/h4-5H,6H2,1-3H3,(H2,13,15)(H,14,16). The fraction of sp³-hybridized carbons (Fsp3) is 0.333. The summed E-state index contributed by atoms with van der Waals surface area (Å²) in [7, 11) is 3.08. The maximum Gasteiger partial charge on any atom is 0.309 e. The highest BCUT2D eigenvalue weighted by molar-refractivity contribution is 6.34. The number of ether oxygens (including phenoxy) is 2. The molecule has 0 spiro atoms. The third-order valence-electron chi connectivity index (χ3n) is 2.51. The third-order valence-corrected chi connectivity index (χ3v) is 2.51. The summed E-state index contributed by atoms with van der Waals surface area (Å²) in [6.45, 7) is 2.03. The van der Waals surface area contributed by atoms with Crippen LogP contribution in [0.1, 0.15) is 11.1 Å². The van der Waals surface area contributed by atoms with E-state index in [1.807, 2.05) is 13.0 Å². The molecule has 6 nitrogen and oxygen atoms in total. The molecule has 98 valence electrons. The summed E-state index contributed by atoms with van der Waals surface area (Å²) in [5.74, 6) is -0.599. The predicted molar refractivity (Wildman–Crippen MR) is 65.3 cm³/mol. The van der Waals surface area contributed by atoms with Crippen molar-refractivity contribution < 1.29 is 19.1 Å². The Hall–Kier alpha value is -2.24.